The van der Waals surface area contributed by atoms with E-state index in [4.69, 9.17) is 4.74 Å². The molecule has 0 bridgehead atoms. The highest BCUT2D eigenvalue weighted by Gasteiger charge is 2.08. The Kier molecular flexibility index (Phi) is 6.21. The molecule has 3 nitrogen and oxygen atoms in total. The van der Waals surface area contributed by atoms with Gasteiger partial charge in [0.15, 0.2) is 0 Å². The van der Waals surface area contributed by atoms with Crippen LogP contribution in [0.15, 0.2) is 47.2 Å². The van der Waals surface area contributed by atoms with Crippen LogP contribution in [0.25, 0.3) is 0 Å². The number of ether oxygens (including phenoxy) is 1. The zero-order valence-electron chi connectivity index (χ0n) is 12.5. The fraction of sp³-hybridized carbons (Fsp3) is 0.353. The molecular weight excluding hydrogens is 328 g/mol. The van der Waals surface area contributed by atoms with Gasteiger partial charge in [-0.05, 0) is 72.1 Å². The molecular formula is C17H21BrN2O. The second kappa shape index (κ2) is 8.15. The third-order valence-electron chi connectivity index (χ3n) is 3.38. The Bertz CT molecular complexity index is 574. The SMILES string of the molecule is CNC(CCOc1cccc(C)c1)Cc1cncc(Br)c1. The lowest BCUT2D eigenvalue weighted by Crippen LogP contribution is -2.29. The van der Waals surface area contributed by atoms with Gasteiger partial charge in [-0.25, -0.2) is 0 Å². The molecule has 1 N–H and O–H groups in total. The van der Waals surface area contributed by atoms with Crippen LogP contribution in [0.5, 0.6) is 5.75 Å². The van der Waals surface area contributed by atoms with E-state index in [2.05, 4.69) is 51.4 Å². The maximum atomic E-state index is 5.82. The van der Waals surface area contributed by atoms with E-state index in [9.17, 15) is 0 Å². The van der Waals surface area contributed by atoms with Gasteiger partial charge in [0.1, 0.15) is 5.75 Å². The Balaban J connectivity index is 1.82. The Morgan fingerprint density at radius 3 is 2.86 bits per heavy atom. The van der Waals surface area contributed by atoms with Crippen LogP contribution in [0.1, 0.15) is 17.5 Å². The van der Waals surface area contributed by atoms with Crippen molar-refractivity contribution in [1.29, 1.82) is 0 Å². The molecule has 21 heavy (non-hydrogen) atoms. The van der Waals surface area contributed by atoms with Gasteiger partial charge < -0.3 is 10.1 Å². The van der Waals surface area contributed by atoms with Gasteiger partial charge in [0.2, 0.25) is 0 Å². The van der Waals surface area contributed by atoms with Crippen molar-refractivity contribution in [2.45, 2.75) is 25.8 Å². The minimum atomic E-state index is 0.380. The summed E-state index contributed by atoms with van der Waals surface area (Å²) in [7, 11) is 1.99. The standard InChI is InChI=1S/C17H21BrN2O/c1-13-4-3-5-17(8-13)21-7-6-16(19-2)10-14-9-15(18)12-20-11-14/h3-5,8-9,11-12,16,19H,6-7,10H2,1-2H3. The van der Waals surface area contributed by atoms with Gasteiger partial charge in [-0.1, -0.05) is 12.1 Å². The van der Waals surface area contributed by atoms with Crippen molar-refractivity contribution in [2.75, 3.05) is 13.7 Å². The molecule has 1 aromatic carbocycles. The van der Waals surface area contributed by atoms with Crippen LogP contribution in [0.3, 0.4) is 0 Å². The van der Waals surface area contributed by atoms with E-state index in [1.54, 1.807) is 6.20 Å². The first-order chi connectivity index (χ1) is 10.2. The van der Waals surface area contributed by atoms with Gasteiger partial charge in [0.25, 0.3) is 0 Å². The predicted molar refractivity (Wildman–Crippen MR) is 89.8 cm³/mol. The zero-order valence-corrected chi connectivity index (χ0v) is 14.1. The Labute approximate surface area is 134 Å². The number of hydrogen-bond acceptors (Lipinski definition) is 3. The molecule has 4 heteroatoms. The molecule has 2 rings (SSSR count). The zero-order chi connectivity index (χ0) is 15.1. The Hall–Kier alpha value is -1.39. The van der Waals surface area contributed by atoms with E-state index in [1.165, 1.54) is 11.1 Å². The number of nitrogens with zero attached hydrogens (tertiary/aromatic N) is 1. The van der Waals surface area contributed by atoms with Crippen molar-refractivity contribution in [2.24, 2.45) is 0 Å². The molecule has 0 saturated heterocycles. The molecule has 1 aromatic heterocycles. The number of nitrogens with one attached hydrogen (secondary N) is 1. The van der Waals surface area contributed by atoms with E-state index < -0.39 is 0 Å². The van der Waals surface area contributed by atoms with Crippen LogP contribution >= 0.6 is 15.9 Å². The maximum absolute atomic E-state index is 5.82. The first-order valence-corrected chi connectivity index (χ1v) is 7.93. The number of aryl methyl sites for hydroxylation is 1. The monoisotopic (exact) mass is 348 g/mol. The van der Waals surface area contributed by atoms with Crippen LogP contribution in [-0.4, -0.2) is 24.7 Å². The molecule has 1 unspecified atom stereocenters. The predicted octanol–water partition coefficient (Wildman–Crippen LogP) is 3.75. The van der Waals surface area contributed by atoms with Gasteiger partial charge in [0, 0.05) is 22.9 Å². The molecule has 0 aliphatic rings. The molecule has 0 amide bonds. The van der Waals surface area contributed by atoms with Crippen LogP contribution in [-0.2, 0) is 6.42 Å². The minimum Gasteiger partial charge on any atom is -0.494 e. The Morgan fingerprint density at radius 2 is 2.14 bits per heavy atom. The average molecular weight is 349 g/mol. The smallest absolute Gasteiger partial charge is 0.119 e. The molecule has 0 radical (unpaired) electrons. The summed E-state index contributed by atoms with van der Waals surface area (Å²) in [5.41, 5.74) is 2.44. The quantitative estimate of drug-likeness (QED) is 0.827. The third-order valence-corrected chi connectivity index (χ3v) is 3.81. The lowest BCUT2D eigenvalue weighted by molar-refractivity contribution is 0.288. The summed E-state index contributed by atoms with van der Waals surface area (Å²) < 4.78 is 6.84. The first kappa shape index (κ1) is 16.0. The van der Waals surface area contributed by atoms with Crippen molar-refractivity contribution >= 4 is 15.9 Å². The van der Waals surface area contributed by atoms with E-state index in [1.807, 2.05) is 25.4 Å². The van der Waals surface area contributed by atoms with Crippen LogP contribution < -0.4 is 10.1 Å². The highest BCUT2D eigenvalue weighted by atomic mass is 79.9. The second-order valence-corrected chi connectivity index (χ2v) is 6.07. The molecule has 0 aliphatic carbocycles. The van der Waals surface area contributed by atoms with Crippen molar-refractivity contribution in [1.82, 2.24) is 10.3 Å². The summed E-state index contributed by atoms with van der Waals surface area (Å²) in [5, 5.41) is 3.34. The van der Waals surface area contributed by atoms with Crippen molar-refractivity contribution < 1.29 is 4.74 Å². The number of hydrogen-bond donors (Lipinski definition) is 1. The van der Waals surface area contributed by atoms with E-state index in [0.717, 1.165) is 23.1 Å². The van der Waals surface area contributed by atoms with Crippen molar-refractivity contribution in [3.63, 3.8) is 0 Å². The number of aromatic nitrogens is 1. The van der Waals surface area contributed by atoms with E-state index in [-0.39, 0.29) is 0 Å². The molecule has 2 aromatic rings. The fourth-order valence-electron chi connectivity index (χ4n) is 2.22. The van der Waals surface area contributed by atoms with Crippen molar-refractivity contribution in [3.8, 4) is 5.75 Å². The van der Waals surface area contributed by atoms with Gasteiger partial charge >= 0.3 is 0 Å². The maximum Gasteiger partial charge on any atom is 0.119 e. The average Bonchev–Trinajstić information content (AvgIpc) is 2.46. The highest BCUT2D eigenvalue weighted by molar-refractivity contribution is 9.10. The van der Waals surface area contributed by atoms with Crippen LogP contribution in [0.4, 0.5) is 0 Å². The molecule has 0 saturated carbocycles. The van der Waals surface area contributed by atoms with Gasteiger partial charge in [0.05, 0.1) is 6.61 Å². The second-order valence-electron chi connectivity index (χ2n) is 5.15. The third kappa shape index (κ3) is 5.48. The summed E-state index contributed by atoms with van der Waals surface area (Å²) in [6.45, 7) is 2.78. The molecule has 1 heterocycles. The lowest BCUT2D eigenvalue weighted by atomic mass is 10.1. The summed E-state index contributed by atoms with van der Waals surface area (Å²) >= 11 is 3.46. The summed E-state index contributed by atoms with van der Waals surface area (Å²) in [4.78, 5) is 4.20. The minimum absolute atomic E-state index is 0.380. The van der Waals surface area contributed by atoms with Gasteiger partial charge in [-0.15, -0.1) is 0 Å². The number of rotatable bonds is 7. The molecule has 0 aliphatic heterocycles. The fourth-order valence-corrected chi connectivity index (χ4v) is 2.64. The first-order valence-electron chi connectivity index (χ1n) is 7.13. The number of benzene rings is 1. The lowest BCUT2D eigenvalue weighted by Gasteiger charge is -2.16. The molecule has 1 atom stereocenters. The summed E-state index contributed by atoms with van der Waals surface area (Å²) in [6.07, 6.45) is 5.62. The molecule has 0 fully saturated rings. The van der Waals surface area contributed by atoms with Crippen LogP contribution in [0.2, 0.25) is 0 Å². The van der Waals surface area contributed by atoms with Gasteiger partial charge in [-0.2, -0.15) is 0 Å². The van der Waals surface area contributed by atoms with Crippen molar-refractivity contribution in [3.05, 3.63) is 58.3 Å². The number of likely N-dealkylation sites (N-methyl/N-ethyl adjacent to an activating group) is 1. The number of halogens is 1. The molecule has 0 spiro atoms. The topological polar surface area (TPSA) is 34.1 Å². The normalized spacial score (nSPS) is 12.1. The van der Waals surface area contributed by atoms with Gasteiger partial charge in [-0.3, -0.25) is 4.98 Å². The van der Waals surface area contributed by atoms with E-state index >= 15 is 0 Å². The Morgan fingerprint density at radius 1 is 1.29 bits per heavy atom. The molecule has 112 valence electrons. The largest absolute Gasteiger partial charge is 0.494 e. The van der Waals surface area contributed by atoms with Crippen LogP contribution in [0, 0.1) is 6.92 Å². The number of pyridine rings is 1. The summed E-state index contributed by atoms with van der Waals surface area (Å²) in [5.74, 6) is 0.939. The van der Waals surface area contributed by atoms with E-state index in [0.29, 0.717) is 12.6 Å². The summed E-state index contributed by atoms with van der Waals surface area (Å²) in [6, 6.07) is 10.6. The highest BCUT2D eigenvalue weighted by Crippen LogP contribution is 2.14.